The number of aromatic nitrogens is 1. The van der Waals surface area contributed by atoms with Crippen LogP contribution in [-0.2, 0) is 0 Å². The van der Waals surface area contributed by atoms with Crippen molar-refractivity contribution in [1.29, 1.82) is 0 Å². The molecule has 0 aromatic carbocycles. The van der Waals surface area contributed by atoms with Crippen LogP contribution in [0.1, 0.15) is 20.8 Å². The summed E-state index contributed by atoms with van der Waals surface area (Å²) in [6, 6.07) is 1.77. The van der Waals surface area contributed by atoms with E-state index >= 15 is 0 Å². The lowest BCUT2D eigenvalue weighted by atomic mass is 9.83. The van der Waals surface area contributed by atoms with Crippen molar-refractivity contribution in [2.24, 2.45) is 0 Å². The molecule has 0 spiro atoms. The summed E-state index contributed by atoms with van der Waals surface area (Å²) in [4.78, 5) is 0. The first-order valence-corrected chi connectivity index (χ1v) is 8.15. The molecule has 0 unspecified atom stereocenters. The van der Waals surface area contributed by atoms with Crippen LogP contribution in [0.2, 0.25) is 18.1 Å². The zero-order valence-electron chi connectivity index (χ0n) is 10.2. The van der Waals surface area contributed by atoms with Crippen molar-refractivity contribution in [3.8, 4) is 0 Å². The number of hydrogen-bond donors (Lipinski definition) is 2. The SMILES string of the molecule is CC(C)(C)[Si](C)(C)n1ccc(B(O)O)c1. The van der Waals surface area contributed by atoms with Crippen LogP contribution in [0.25, 0.3) is 0 Å². The van der Waals surface area contributed by atoms with Gasteiger partial charge in [-0.2, -0.15) is 0 Å². The average Bonchev–Trinajstić information content (AvgIpc) is 2.49. The monoisotopic (exact) mass is 225 g/mol. The highest BCUT2D eigenvalue weighted by atomic mass is 28.3. The maximum absolute atomic E-state index is 9.06. The topological polar surface area (TPSA) is 45.4 Å². The quantitative estimate of drug-likeness (QED) is 0.738. The van der Waals surface area contributed by atoms with E-state index in [9.17, 15) is 0 Å². The fraction of sp³-hybridized carbons (Fsp3) is 0.600. The van der Waals surface area contributed by atoms with Gasteiger partial charge in [0.1, 0.15) is 0 Å². The maximum atomic E-state index is 9.06. The van der Waals surface area contributed by atoms with Gasteiger partial charge in [-0.1, -0.05) is 33.9 Å². The zero-order chi connectivity index (χ0) is 11.9. The number of nitrogens with zero attached hydrogens (tertiary/aromatic N) is 1. The molecule has 0 amide bonds. The minimum Gasteiger partial charge on any atom is -0.423 e. The summed E-state index contributed by atoms with van der Waals surface area (Å²) >= 11 is 0. The second-order valence-corrected chi connectivity index (χ2v) is 10.7. The Balaban J connectivity index is 3.06. The molecule has 0 aliphatic heterocycles. The van der Waals surface area contributed by atoms with E-state index in [2.05, 4.69) is 38.1 Å². The smallest absolute Gasteiger partial charge is 0.423 e. The number of rotatable bonds is 2. The molecule has 0 fully saturated rings. The van der Waals surface area contributed by atoms with Crippen LogP contribution in [0.15, 0.2) is 18.5 Å². The largest absolute Gasteiger partial charge is 0.489 e. The molecule has 15 heavy (non-hydrogen) atoms. The molecule has 2 N–H and O–H groups in total. The summed E-state index contributed by atoms with van der Waals surface area (Å²) in [5.41, 5.74) is 0.569. The molecule has 0 radical (unpaired) electrons. The Morgan fingerprint density at radius 3 is 2.13 bits per heavy atom. The molecular weight excluding hydrogens is 205 g/mol. The van der Waals surface area contributed by atoms with E-state index in [1.54, 1.807) is 6.07 Å². The Kier molecular flexibility index (Phi) is 3.19. The van der Waals surface area contributed by atoms with Gasteiger partial charge in [-0.05, 0) is 29.0 Å². The molecule has 84 valence electrons. The molecule has 1 rings (SSSR count). The van der Waals surface area contributed by atoms with Gasteiger partial charge in [0.15, 0.2) is 8.24 Å². The summed E-state index contributed by atoms with van der Waals surface area (Å²) in [5, 5.41) is 18.4. The van der Waals surface area contributed by atoms with Gasteiger partial charge in [0.05, 0.1) is 0 Å². The summed E-state index contributed by atoms with van der Waals surface area (Å²) in [6.07, 6.45) is 3.80. The van der Waals surface area contributed by atoms with Crippen LogP contribution in [0, 0.1) is 0 Å². The first kappa shape index (κ1) is 12.6. The van der Waals surface area contributed by atoms with E-state index in [4.69, 9.17) is 10.0 Å². The third-order valence-electron chi connectivity index (χ3n) is 3.49. The summed E-state index contributed by atoms with van der Waals surface area (Å²) in [7, 11) is -2.98. The highest BCUT2D eigenvalue weighted by molar-refractivity contribution is 6.78. The molecule has 1 aromatic rings. The fourth-order valence-electron chi connectivity index (χ4n) is 1.30. The molecular formula is C10H20BNO2Si. The van der Waals surface area contributed by atoms with Gasteiger partial charge < -0.3 is 14.3 Å². The molecule has 0 bridgehead atoms. The second kappa shape index (κ2) is 3.81. The van der Waals surface area contributed by atoms with Crippen molar-refractivity contribution >= 4 is 20.8 Å². The predicted molar refractivity (Wildman–Crippen MR) is 66.9 cm³/mol. The maximum Gasteiger partial charge on any atom is 0.489 e. The highest BCUT2D eigenvalue weighted by Crippen LogP contribution is 2.36. The van der Waals surface area contributed by atoms with E-state index in [0.29, 0.717) is 5.46 Å². The minimum atomic E-state index is -1.61. The van der Waals surface area contributed by atoms with Crippen LogP contribution < -0.4 is 5.46 Å². The van der Waals surface area contributed by atoms with Gasteiger partial charge in [-0.25, -0.2) is 0 Å². The molecule has 0 atom stereocenters. The zero-order valence-corrected chi connectivity index (χ0v) is 11.2. The van der Waals surface area contributed by atoms with Crippen LogP contribution in [0.5, 0.6) is 0 Å². The lowest BCUT2D eigenvalue weighted by Gasteiger charge is -2.37. The van der Waals surface area contributed by atoms with E-state index in [-0.39, 0.29) is 5.04 Å². The van der Waals surface area contributed by atoms with Crippen molar-refractivity contribution in [1.82, 2.24) is 4.23 Å². The van der Waals surface area contributed by atoms with Crippen molar-refractivity contribution in [2.45, 2.75) is 38.9 Å². The first-order valence-electron chi connectivity index (χ1n) is 5.21. The second-order valence-electron chi connectivity index (χ2n) is 5.53. The first-order chi connectivity index (χ1) is 6.66. The molecule has 3 nitrogen and oxygen atoms in total. The standard InChI is InChI=1S/C10H20BNO2Si/c1-10(2,3)15(4,5)12-7-6-9(8-12)11(13)14/h6-8,13-14H,1-5H3. The van der Waals surface area contributed by atoms with Crippen molar-refractivity contribution in [3.63, 3.8) is 0 Å². The van der Waals surface area contributed by atoms with Crippen LogP contribution in [0.4, 0.5) is 0 Å². The lowest BCUT2D eigenvalue weighted by molar-refractivity contribution is 0.426. The van der Waals surface area contributed by atoms with Crippen molar-refractivity contribution in [3.05, 3.63) is 18.5 Å². The Labute approximate surface area is 93.0 Å². The van der Waals surface area contributed by atoms with E-state index in [1.807, 2.05) is 12.4 Å². The third kappa shape index (κ3) is 2.35. The minimum absolute atomic E-state index is 0.240. The van der Waals surface area contributed by atoms with Crippen LogP contribution in [-0.4, -0.2) is 29.6 Å². The van der Waals surface area contributed by atoms with Crippen LogP contribution >= 0.6 is 0 Å². The van der Waals surface area contributed by atoms with E-state index in [0.717, 1.165) is 0 Å². The lowest BCUT2D eigenvalue weighted by Crippen LogP contribution is -2.45. The van der Waals surface area contributed by atoms with Crippen molar-refractivity contribution < 1.29 is 10.0 Å². The van der Waals surface area contributed by atoms with Gasteiger partial charge in [0, 0.05) is 0 Å². The highest BCUT2D eigenvalue weighted by Gasteiger charge is 2.37. The van der Waals surface area contributed by atoms with Crippen LogP contribution in [0.3, 0.4) is 0 Å². The average molecular weight is 225 g/mol. The van der Waals surface area contributed by atoms with E-state index < -0.39 is 15.4 Å². The van der Waals surface area contributed by atoms with E-state index in [1.165, 1.54) is 0 Å². The Bertz CT molecular complexity index is 341. The molecule has 0 saturated heterocycles. The third-order valence-corrected chi connectivity index (χ3v) is 8.73. The molecule has 0 aliphatic rings. The number of hydrogen-bond acceptors (Lipinski definition) is 2. The summed E-state index contributed by atoms with van der Waals surface area (Å²) < 4.78 is 2.17. The Morgan fingerprint density at radius 1 is 1.27 bits per heavy atom. The molecule has 0 saturated carbocycles. The van der Waals surface area contributed by atoms with Gasteiger partial charge in [0.2, 0.25) is 0 Å². The summed E-state index contributed by atoms with van der Waals surface area (Å²) in [6.45, 7) is 11.2. The van der Waals surface area contributed by atoms with Gasteiger partial charge in [0.25, 0.3) is 0 Å². The Hall–Kier alpha value is -0.518. The molecule has 0 aliphatic carbocycles. The fourth-order valence-corrected chi connectivity index (χ4v) is 2.99. The predicted octanol–water partition coefficient (Wildman–Crippen LogP) is 1.02. The van der Waals surface area contributed by atoms with Crippen molar-refractivity contribution in [2.75, 3.05) is 0 Å². The van der Waals surface area contributed by atoms with Gasteiger partial charge in [-0.3, -0.25) is 0 Å². The normalized spacial score (nSPS) is 13.0. The molecule has 1 heterocycles. The van der Waals surface area contributed by atoms with Gasteiger partial charge in [-0.15, -0.1) is 0 Å². The Morgan fingerprint density at radius 2 is 1.80 bits per heavy atom. The molecule has 1 aromatic heterocycles. The van der Waals surface area contributed by atoms with Gasteiger partial charge >= 0.3 is 7.12 Å². The summed E-state index contributed by atoms with van der Waals surface area (Å²) in [5.74, 6) is 0. The molecule has 5 heteroatoms.